The number of nitrogens with zero attached hydrogens (tertiary/aromatic N) is 1. The van der Waals surface area contributed by atoms with Gasteiger partial charge >= 0.3 is 0 Å². The maximum Gasteiger partial charge on any atom is 0.289 e. The van der Waals surface area contributed by atoms with E-state index in [0.717, 1.165) is 12.2 Å². The van der Waals surface area contributed by atoms with Gasteiger partial charge in [0.25, 0.3) is 5.91 Å². The second kappa shape index (κ2) is 5.59. The molecule has 1 aromatic heterocycles. The third-order valence-electron chi connectivity index (χ3n) is 3.26. The highest BCUT2D eigenvalue weighted by atomic mass is 35.5. The van der Waals surface area contributed by atoms with Crippen molar-refractivity contribution >= 4 is 17.5 Å². The minimum Gasteiger partial charge on any atom is -0.488 e. The first-order valence-electron chi connectivity index (χ1n) is 6.47. The lowest BCUT2D eigenvalue weighted by atomic mass is 10.3. The Morgan fingerprint density at radius 3 is 3.00 bits per heavy atom. The Kier molecular flexibility index (Phi) is 3.65. The van der Waals surface area contributed by atoms with E-state index in [1.165, 1.54) is 6.26 Å². The zero-order valence-electron chi connectivity index (χ0n) is 10.8. The number of rotatable bonds is 3. The normalized spacial score (nSPS) is 18.2. The number of carbonyl (C=O) groups excluding carboxylic acids is 1. The molecule has 0 N–H and O–H groups in total. The molecule has 1 aliphatic rings. The Labute approximate surface area is 121 Å². The second-order valence-corrected chi connectivity index (χ2v) is 5.15. The minimum atomic E-state index is -0.0906. The summed E-state index contributed by atoms with van der Waals surface area (Å²) < 4.78 is 11.0. The number of amides is 1. The quantitative estimate of drug-likeness (QED) is 0.872. The third kappa shape index (κ3) is 2.80. The fraction of sp³-hybridized carbons (Fsp3) is 0.267. The highest BCUT2D eigenvalue weighted by molar-refractivity contribution is 6.30. The fourth-order valence-electron chi connectivity index (χ4n) is 2.30. The van der Waals surface area contributed by atoms with Crippen molar-refractivity contribution in [3.8, 4) is 5.75 Å². The highest BCUT2D eigenvalue weighted by Gasteiger charge is 2.29. The molecule has 104 valence electrons. The van der Waals surface area contributed by atoms with Crippen LogP contribution >= 0.6 is 11.6 Å². The number of benzene rings is 1. The number of halogens is 1. The van der Waals surface area contributed by atoms with Gasteiger partial charge in [-0.3, -0.25) is 4.79 Å². The van der Waals surface area contributed by atoms with Gasteiger partial charge in [0.2, 0.25) is 0 Å². The Balaban J connectivity index is 1.61. The van der Waals surface area contributed by atoms with Crippen molar-refractivity contribution in [3.63, 3.8) is 0 Å². The van der Waals surface area contributed by atoms with E-state index in [1.54, 1.807) is 29.2 Å². The predicted octanol–water partition coefficient (Wildman–Crippen LogP) is 3.23. The van der Waals surface area contributed by atoms with E-state index in [0.29, 0.717) is 23.9 Å². The topological polar surface area (TPSA) is 42.7 Å². The lowest BCUT2D eigenvalue weighted by molar-refractivity contribution is 0.0741. The minimum absolute atomic E-state index is 0.00706. The van der Waals surface area contributed by atoms with Gasteiger partial charge in [-0.25, -0.2) is 0 Å². The van der Waals surface area contributed by atoms with E-state index in [1.807, 2.05) is 12.1 Å². The van der Waals surface area contributed by atoms with Gasteiger partial charge in [0.05, 0.1) is 12.8 Å². The van der Waals surface area contributed by atoms with Crippen molar-refractivity contribution in [2.75, 3.05) is 13.1 Å². The summed E-state index contributed by atoms with van der Waals surface area (Å²) >= 11 is 5.92. The number of hydrogen-bond acceptors (Lipinski definition) is 3. The molecule has 0 radical (unpaired) electrons. The van der Waals surface area contributed by atoms with E-state index in [-0.39, 0.29) is 12.0 Å². The molecule has 4 nitrogen and oxygen atoms in total. The van der Waals surface area contributed by atoms with Crippen LogP contribution in [0, 0.1) is 0 Å². The van der Waals surface area contributed by atoms with Crippen LogP contribution in [0.1, 0.15) is 17.0 Å². The summed E-state index contributed by atoms with van der Waals surface area (Å²) in [6.45, 7) is 1.23. The van der Waals surface area contributed by atoms with Crippen molar-refractivity contribution in [1.82, 2.24) is 4.90 Å². The van der Waals surface area contributed by atoms with Gasteiger partial charge in [0, 0.05) is 18.0 Å². The fourth-order valence-corrected chi connectivity index (χ4v) is 2.48. The van der Waals surface area contributed by atoms with Crippen molar-refractivity contribution in [2.24, 2.45) is 0 Å². The number of ether oxygens (including phenoxy) is 1. The Morgan fingerprint density at radius 1 is 1.35 bits per heavy atom. The number of furan rings is 1. The SMILES string of the molecule is O=C(c1ccco1)N1CCC(Oc2cccc(Cl)c2)C1. The van der Waals surface area contributed by atoms with Gasteiger partial charge in [-0.1, -0.05) is 17.7 Å². The molecule has 20 heavy (non-hydrogen) atoms. The smallest absolute Gasteiger partial charge is 0.289 e. The van der Waals surface area contributed by atoms with Crippen molar-refractivity contribution in [3.05, 3.63) is 53.4 Å². The monoisotopic (exact) mass is 291 g/mol. The van der Waals surface area contributed by atoms with E-state index in [4.69, 9.17) is 20.8 Å². The molecule has 0 bridgehead atoms. The number of hydrogen-bond donors (Lipinski definition) is 0. The van der Waals surface area contributed by atoms with Gasteiger partial charge in [0.15, 0.2) is 5.76 Å². The van der Waals surface area contributed by atoms with Gasteiger partial charge < -0.3 is 14.1 Å². The van der Waals surface area contributed by atoms with Crippen molar-refractivity contribution in [2.45, 2.75) is 12.5 Å². The lowest BCUT2D eigenvalue weighted by Gasteiger charge is -2.16. The van der Waals surface area contributed by atoms with Crippen molar-refractivity contribution < 1.29 is 13.9 Å². The summed E-state index contributed by atoms with van der Waals surface area (Å²) in [7, 11) is 0. The van der Waals surface area contributed by atoms with Crippen LogP contribution in [0.2, 0.25) is 5.02 Å². The molecule has 2 heterocycles. The molecule has 2 aromatic rings. The van der Waals surface area contributed by atoms with Crippen LogP contribution in [0.5, 0.6) is 5.75 Å². The summed E-state index contributed by atoms with van der Waals surface area (Å²) in [5, 5.41) is 0.643. The van der Waals surface area contributed by atoms with E-state index >= 15 is 0 Å². The van der Waals surface area contributed by atoms with E-state index < -0.39 is 0 Å². The van der Waals surface area contributed by atoms with Crippen LogP contribution < -0.4 is 4.74 Å². The maximum absolute atomic E-state index is 12.1. The molecule has 1 atom stereocenters. The molecule has 0 aliphatic carbocycles. The molecule has 1 aliphatic heterocycles. The lowest BCUT2D eigenvalue weighted by Crippen LogP contribution is -2.30. The summed E-state index contributed by atoms with van der Waals surface area (Å²) in [5.74, 6) is 1.01. The van der Waals surface area contributed by atoms with Crippen LogP contribution in [0.3, 0.4) is 0 Å². The van der Waals surface area contributed by atoms with Crippen molar-refractivity contribution in [1.29, 1.82) is 0 Å². The summed E-state index contributed by atoms with van der Waals surface area (Å²) in [6, 6.07) is 10.7. The molecule has 1 saturated heterocycles. The molecule has 1 aromatic carbocycles. The van der Waals surface area contributed by atoms with Gasteiger partial charge in [-0.15, -0.1) is 0 Å². The zero-order chi connectivity index (χ0) is 13.9. The first kappa shape index (κ1) is 13.1. The number of carbonyl (C=O) groups is 1. The molecule has 1 amide bonds. The Morgan fingerprint density at radius 2 is 2.25 bits per heavy atom. The summed E-state index contributed by atoms with van der Waals surface area (Å²) in [5.41, 5.74) is 0. The van der Waals surface area contributed by atoms with Gasteiger partial charge in [0.1, 0.15) is 11.9 Å². The van der Waals surface area contributed by atoms with Crippen LogP contribution in [-0.4, -0.2) is 30.0 Å². The highest BCUT2D eigenvalue weighted by Crippen LogP contribution is 2.22. The molecule has 1 unspecified atom stereocenters. The molecular weight excluding hydrogens is 278 g/mol. The van der Waals surface area contributed by atoms with Crippen LogP contribution in [0.4, 0.5) is 0 Å². The molecule has 3 rings (SSSR count). The summed E-state index contributed by atoms with van der Waals surface area (Å²) in [6.07, 6.45) is 2.30. The van der Waals surface area contributed by atoms with E-state index in [2.05, 4.69) is 0 Å². The molecule has 1 fully saturated rings. The molecule has 0 saturated carbocycles. The first-order valence-corrected chi connectivity index (χ1v) is 6.85. The predicted molar refractivity (Wildman–Crippen MR) is 75.1 cm³/mol. The Hall–Kier alpha value is -1.94. The summed E-state index contributed by atoms with van der Waals surface area (Å²) in [4.78, 5) is 13.9. The van der Waals surface area contributed by atoms with Crippen LogP contribution in [0.15, 0.2) is 47.1 Å². The zero-order valence-corrected chi connectivity index (χ0v) is 11.5. The average Bonchev–Trinajstić information content (AvgIpc) is 3.09. The second-order valence-electron chi connectivity index (χ2n) is 4.71. The van der Waals surface area contributed by atoms with Gasteiger partial charge in [-0.05, 0) is 30.3 Å². The van der Waals surface area contributed by atoms with Gasteiger partial charge in [-0.2, -0.15) is 0 Å². The standard InChI is InChI=1S/C15H14ClNO3/c16-11-3-1-4-12(9-11)20-13-6-7-17(10-13)15(18)14-5-2-8-19-14/h1-5,8-9,13H,6-7,10H2. The molecule has 5 heteroatoms. The first-order chi connectivity index (χ1) is 9.72. The van der Waals surface area contributed by atoms with Crippen LogP contribution in [0.25, 0.3) is 0 Å². The number of likely N-dealkylation sites (tertiary alicyclic amines) is 1. The third-order valence-corrected chi connectivity index (χ3v) is 3.50. The molecule has 0 spiro atoms. The van der Waals surface area contributed by atoms with Crippen LogP contribution in [-0.2, 0) is 0 Å². The Bertz CT molecular complexity index is 597. The average molecular weight is 292 g/mol. The van der Waals surface area contributed by atoms with E-state index in [9.17, 15) is 4.79 Å². The maximum atomic E-state index is 12.1. The largest absolute Gasteiger partial charge is 0.488 e. The molecular formula is C15H14ClNO3.